The van der Waals surface area contributed by atoms with Crippen molar-refractivity contribution >= 4 is 21.6 Å². The number of carbonyl (C=O) groups is 1. The lowest BCUT2D eigenvalue weighted by Crippen LogP contribution is -2.41. The molecule has 0 aliphatic heterocycles. The van der Waals surface area contributed by atoms with Crippen molar-refractivity contribution in [1.82, 2.24) is 5.32 Å². The Kier molecular flexibility index (Phi) is 7.07. The Bertz CT molecular complexity index is 908. The summed E-state index contributed by atoms with van der Waals surface area (Å²) in [5, 5.41) is 2.85. The molecule has 0 heterocycles. The van der Waals surface area contributed by atoms with Gasteiger partial charge in [-0.25, -0.2) is 8.42 Å². The molecule has 1 atom stereocenters. The van der Waals surface area contributed by atoms with Gasteiger partial charge in [0.25, 0.3) is 0 Å². The summed E-state index contributed by atoms with van der Waals surface area (Å²) in [5.74, 6) is 0.613. The molecular formula is C21H28N2O4S. The molecule has 152 valence electrons. The van der Waals surface area contributed by atoms with Crippen LogP contribution in [0, 0.1) is 0 Å². The zero-order valence-corrected chi connectivity index (χ0v) is 17.8. The Morgan fingerprint density at radius 3 is 2.21 bits per heavy atom. The van der Waals surface area contributed by atoms with E-state index in [1.54, 1.807) is 19.2 Å². The second kappa shape index (κ2) is 9.10. The van der Waals surface area contributed by atoms with Crippen LogP contribution >= 0.6 is 0 Å². The van der Waals surface area contributed by atoms with Crippen molar-refractivity contribution in [3.05, 3.63) is 59.7 Å². The summed E-state index contributed by atoms with van der Waals surface area (Å²) < 4.78 is 31.0. The van der Waals surface area contributed by atoms with E-state index >= 15 is 0 Å². The number of hydrogen-bond acceptors (Lipinski definition) is 4. The average molecular weight is 405 g/mol. The fourth-order valence-electron chi connectivity index (χ4n) is 2.94. The lowest BCUT2D eigenvalue weighted by atomic mass is 10.0. The van der Waals surface area contributed by atoms with Gasteiger partial charge in [-0.15, -0.1) is 0 Å². The predicted molar refractivity (Wildman–Crippen MR) is 112 cm³/mol. The highest BCUT2D eigenvalue weighted by atomic mass is 32.2. The topological polar surface area (TPSA) is 75.7 Å². The Balaban J connectivity index is 2.17. The van der Waals surface area contributed by atoms with Crippen LogP contribution < -0.4 is 14.4 Å². The molecule has 1 N–H and O–H groups in total. The first-order valence-corrected chi connectivity index (χ1v) is 11.0. The van der Waals surface area contributed by atoms with Gasteiger partial charge in [0.2, 0.25) is 15.9 Å². The van der Waals surface area contributed by atoms with Gasteiger partial charge in [0.05, 0.1) is 25.1 Å². The smallest absolute Gasteiger partial charge is 0.241 e. The van der Waals surface area contributed by atoms with Crippen molar-refractivity contribution in [3.8, 4) is 5.75 Å². The molecule has 2 aromatic carbocycles. The monoisotopic (exact) mass is 404 g/mol. The van der Waals surface area contributed by atoms with Crippen LogP contribution in [0.4, 0.5) is 5.69 Å². The van der Waals surface area contributed by atoms with E-state index < -0.39 is 15.9 Å². The molecule has 7 heteroatoms. The average Bonchev–Trinajstić information content (AvgIpc) is 2.65. The van der Waals surface area contributed by atoms with Crippen LogP contribution in [0.25, 0.3) is 0 Å². The fraction of sp³-hybridized carbons (Fsp3) is 0.381. The molecule has 0 radical (unpaired) electrons. The van der Waals surface area contributed by atoms with E-state index in [0.717, 1.165) is 21.7 Å². The summed E-state index contributed by atoms with van der Waals surface area (Å²) in [6.07, 6.45) is 1.10. The number of carbonyl (C=O) groups excluding carboxylic acids is 1. The fourth-order valence-corrected chi connectivity index (χ4v) is 3.80. The largest absolute Gasteiger partial charge is 0.496 e. The third kappa shape index (κ3) is 5.48. The summed E-state index contributed by atoms with van der Waals surface area (Å²) in [4.78, 5) is 12.6. The number of methoxy groups -OCH3 is 1. The van der Waals surface area contributed by atoms with Gasteiger partial charge in [0.15, 0.2) is 0 Å². The number of anilines is 1. The summed E-state index contributed by atoms with van der Waals surface area (Å²) in [6.45, 7) is 5.67. The van der Waals surface area contributed by atoms with E-state index in [2.05, 4.69) is 19.2 Å². The molecule has 6 nitrogen and oxygen atoms in total. The van der Waals surface area contributed by atoms with E-state index in [0.29, 0.717) is 17.4 Å². The standard InChI is InChI=1S/C21H28N2O4S/c1-15(2)17-10-12-18(13-11-17)23(28(5,25)26)14-21(24)22-16(3)19-8-6-7-9-20(19)27-4/h6-13,15-16H,14H2,1-5H3,(H,22,24)/t16-/m0/s1. The molecule has 2 aromatic rings. The molecule has 28 heavy (non-hydrogen) atoms. The highest BCUT2D eigenvalue weighted by Crippen LogP contribution is 2.25. The van der Waals surface area contributed by atoms with Gasteiger partial charge in [-0.3, -0.25) is 9.10 Å². The minimum atomic E-state index is -3.61. The number of sulfonamides is 1. The first-order chi connectivity index (χ1) is 13.1. The number of ether oxygens (including phenoxy) is 1. The van der Waals surface area contributed by atoms with Gasteiger partial charge in [0, 0.05) is 5.56 Å². The Hall–Kier alpha value is -2.54. The zero-order chi connectivity index (χ0) is 20.9. The van der Waals surface area contributed by atoms with E-state index in [-0.39, 0.29) is 12.6 Å². The SMILES string of the molecule is COc1ccccc1[C@H](C)NC(=O)CN(c1ccc(C(C)C)cc1)S(C)(=O)=O. The first-order valence-electron chi connectivity index (χ1n) is 9.13. The van der Waals surface area contributed by atoms with Gasteiger partial charge < -0.3 is 10.1 Å². The van der Waals surface area contributed by atoms with Crippen LogP contribution in [0.15, 0.2) is 48.5 Å². The molecule has 0 aliphatic rings. The van der Waals surface area contributed by atoms with Crippen LogP contribution in [0.1, 0.15) is 43.9 Å². The highest BCUT2D eigenvalue weighted by molar-refractivity contribution is 7.92. The molecule has 0 saturated carbocycles. The van der Waals surface area contributed by atoms with Gasteiger partial charge in [-0.2, -0.15) is 0 Å². The quantitative estimate of drug-likeness (QED) is 0.731. The molecule has 0 unspecified atom stereocenters. The summed E-state index contributed by atoms with van der Waals surface area (Å²) in [6, 6.07) is 14.3. The number of hydrogen-bond donors (Lipinski definition) is 1. The second-order valence-electron chi connectivity index (χ2n) is 7.05. The summed E-state index contributed by atoms with van der Waals surface area (Å²) in [5.41, 5.74) is 2.39. The van der Waals surface area contributed by atoms with Crippen molar-refractivity contribution < 1.29 is 17.9 Å². The van der Waals surface area contributed by atoms with Crippen molar-refractivity contribution in [2.24, 2.45) is 0 Å². The third-order valence-corrected chi connectivity index (χ3v) is 5.66. The lowest BCUT2D eigenvalue weighted by molar-refractivity contribution is -0.120. The van der Waals surface area contributed by atoms with Crippen molar-refractivity contribution in [2.45, 2.75) is 32.7 Å². The van der Waals surface area contributed by atoms with Crippen LogP contribution in [0.3, 0.4) is 0 Å². The molecule has 0 saturated heterocycles. The zero-order valence-electron chi connectivity index (χ0n) is 17.0. The van der Waals surface area contributed by atoms with Crippen LogP contribution in [-0.2, 0) is 14.8 Å². The van der Waals surface area contributed by atoms with Crippen molar-refractivity contribution in [1.29, 1.82) is 0 Å². The number of amides is 1. The van der Waals surface area contributed by atoms with Gasteiger partial charge in [-0.05, 0) is 36.6 Å². The van der Waals surface area contributed by atoms with Crippen LogP contribution in [0.2, 0.25) is 0 Å². The highest BCUT2D eigenvalue weighted by Gasteiger charge is 2.22. The number of benzene rings is 2. The molecule has 2 rings (SSSR count). The Morgan fingerprint density at radius 1 is 1.07 bits per heavy atom. The van der Waals surface area contributed by atoms with Gasteiger partial charge >= 0.3 is 0 Å². The third-order valence-electron chi connectivity index (χ3n) is 4.52. The maximum atomic E-state index is 12.6. The number of nitrogens with zero attached hydrogens (tertiary/aromatic N) is 1. The van der Waals surface area contributed by atoms with E-state index in [1.165, 1.54) is 0 Å². The molecule has 0 spiro atoms. The minimum absolute atomic E-state index is 0.292. The Morgan fingerprint density at radius 2 is 1.68 bits per heavy atom. The van der Waals surface area contributed by atoms with Crippen LogP contribution in [-0.4, -0.2) is 34.2 Å². The lowest BCUT2D eigenvalue weighted by Gasteiger charge is -2.24. The summed E-state index contributed by atoms with van der Waals surface area (Å²) in [7, 11) is -2.04. The molecule has 1 amide bonds. The summed E-state index contributed by atoms with van der Waals surface area (Å²) >= 11 is 0. The second-order valence-corrected chi connectivity index (χ2v) is 8.95. The van der Waals surface area contributed by atoms with Crippen molar-refractivity contribution in [3.63, 3.8) is 0 Å². The maximum absolute atomic E-state index is 12.6. The number of rotatable bonds is 8. The van der Waals surface area contributed by atoms with Gasteiger partial charge in [0.1, 0.15) is 12.3 Å². The van der Waals surface area contributed by atoms with Crippen molar-refractivity contribution in [2.75, 3.05) is 24.2 Å². The van der Waals surface area contributed by atoms with Gasteiger partial charge in [-0.1, -0.05) is 44.2 Å². The van der Waals surface area contributed by atoms with Crippen LogP contribution in [0.5, 0.6) is 5.75 Å². The molecular weight excluding hydrogens is 376 g/mol. The van der Waals surface area contributed by atoms with E-state index in [1.807, 2.05) is 43.3 Å². The molecule has 0 fully saturated rings. The Labute approximate surface area is 167 Å². The molecule has 0 bridgehead atoms. The molecule has 0 aromatic heterocycles. The van der Waals surface area contributed by atoms with E-state index in [4.69, 9.17) is 4.74 Å². The number of nitrogens with one attached hydrogen (secondary N) is 1. The normalized spacial score (nSPS) is 12.5. The molecule has 0 aliphatic carbocycles. The van der Waals surface area contributed by atoms with E-state index in [9.17, 15) is 13.2 Å². The predicted octanol–water partition coefficient (Wildman–Crippen LogP) is 3.46. The first kappa shape index (κ1) is 21.8. The minimum Gasteiger partial charge on any atom is -0.496 e. The maximum Gasteiger partial charge on any atom is 0.241 e. The number of para-hydroxylation sites is 1.